The van der Waals surface area contributed by atoms with E-state index < -0.39 is 17.9 Å². The molecule has 3 aromatic carbocycles. The summed E-state index contributed by atoms with van der Waals surface area (Å²) in [4.78, 5) is 55.7. The topological polar surface area (TPSA) is 138 Å². The van der Waals surface area contributed by atoms with Crippen LogP contribution in [-0.2, 0) is 9.59 Å². The summed E-state index contributed by atoms with van der Waals surface area (Å²) < 4.78 is 10.7. The van der Waals surface area contributed by atoms with Gasteiger partial charge in [0.15, 0.2) is 11.5 Å². The molecule has 47 heavy (non-hydrogen) atoms. The van der Waals surface area contributed by atoms with Crippen molar-refractivity contribution < 1.29 is 33.8 Å². The number of anilines is 2. The van der Waals surface area contributed by atoms with Gasteiger partial charge in [-0.25, -0.2) is 0 Å². The molecule has 1 unspecified atom stereocenters. The minimum Gasteiger partial charge on any atom is -0.493 e. The molecule has 2 aliphatic rings. The Kier molecular flexibility index (Phi) is 10.6. The van der Waals surface area contributed by atoms with Crippen molar-refractivity contribution >= 4 is 35.1 Å². The van der Waals surface area contributed by atoms with Crippen molar-refractivity contribution in [1.82, 2.24) is 10.2 Å². The number of ether oxygens (including phenoxy) is 2. The summed E-state index contributed by atoms with van der Waals surface area (Å²) in [7, 11) is 3.08. The van der Waals surface area contributed by atoms with Crippen molar-refractivity contribution in [1.29, 1.82) is 0 Å². The number of hydrogen-bond acceptors (Lipinski definition) is 7. The van der Waals surface area contributed by atoms with Gasteiger partial charge in [0.25, 0.3) is 11.8 Å². The van der Waals surface area contributed by atoms with Gasteiger partial charge in [-0.15, -0.1) is 0 Å². The Labute approximate surface area is 274 Å². The predicted molar refractivity (Wildman–Crippen MR) is 178 cm³/mol. The van der Waals surface area contributed by atoms with E-state index in [1.165, 1.54) is 7.11 Å². The van der Waals surface area contributed by atoms with Crippen LogP contribution in [0.25, 0.3) is 0 Å². The van der Waals surface area contributed by atoms with Gasteiger partial charge < -0.3 is 35.0 Å². The second kappa shape index (κ2) is 15.0. The average molecular weight is 643 g/mol. The van der Waals surface area contributed by atoms with E-state index in [1.807, 2.05) is 42.2 Å². The molecule has 0 aromatic heterocycles. The van der Waals surface area contributed by atoms with E-state index in [-0.39, 0.29) is 24.2 Å². The number of aliphatic carboxylic acids is 1. The summed E-state index contributed by atoms with van der Waals surface area (Å²) in [5, 5.41) is 15.5. The molecule has 1 heterocycles. The first-order valence-corrected chi connectivity index (χ1v) is 16.0. The number of carbonyl (C=O) groups excluding carboxylic acids is 3. The van der Waals surface area contributed by atoms with Gasteiger partial charge in [0.2, 0.25) is 5.91 Å². The van der Waals surface area contributed by atoms with Gasteiger partial charge in [-0.05, 0) is 68.1 Å². The van der Waals surface area contributed by atoms with Crippen LogP contribution in [0.4, 0.5) is 11.4 Å². The Morgan fingerprint density at radius 2 is 1.57 bits per heavy atom. The number of methoxy groups -OCH3 is 2. The zero-order chi connectivity index (χ0) is 33.5. The summed E-state index contributed by atoms with van der Waals surface area (Å²) in [6.45, 7) is 4.11. The lowest BCUT2D eigenvalue weighted by molar-refractivity contribution is -0.137. The monoisotopic (exact) mass is 642 g/mol. The lowest BCUT2D eigenvalue weighted by Crippen LogP contribution is -2.35. The molecule has 1 aliphatic carbocycles. The number of rotatable bonds is 11. The van der Waals surface area contributed by atoms with Crippen molar-refractivity contribution in [3.05, 3.63) is 82.9 Å². The van der Waals surface area contributed by atoms with E-state index in [9.17, 15) is 24.3 Å². The number of benzene rings is 3. The number of nitrogens with zero attached hydrogens (tertiary/aromatic N) is 2. The Bertz CT molecular complexity index is 1620. The summed E-state index contributed by atoms with van der Waals surface area (Å²) in [5.41, 5.74) is 3.80. The van der Waals surface area contributed by atoms with Gasteiger partial charge >= 0.3 is 5.97 Å². The molecular formula is C36H42N4O7. The summed E-state index contributed by atoms with van der Waals surface area (Å²) in [5.74, 6) is -0.697. The van der Waals surface area contributed by atoms with Crippen LogP contribution in [0.3, 0.4) is 0 Å². The van der Waals surface area contributed by atoms with Gasteiger partial charge in [-0.2, -0.15) is 0 Å². The van der Waals surface area contributed by atoms with Crippen LogP contribution in [0, 0.1) is 12.8 Å². The highest BCUT2D eigenvalue weighted by molar-refractivity contribution is 6.01. The molecule has 2 fully saturated rings. The molecule has 0 bridgehead atoms. The molecule has 5 rings (SSSR count). The third kappa shape index (κ3) is 8.03. The Balaban J connectivity index is 1.36. The molecule has 11 heteroatoms. The lowest BCUT2D eigenvalue weighted by Gasteiger charge is -2.29. The number of amides is 3. The third-order valence-electron chi connectivity index (χ3n) is 8.91. The van der Waals surface area contributed by atoms with Crippen LogP contribution in [0.2, 0.25) is 0 Å². The largest absolute Gasteiger partial charge is 0.493 e. The lowest BCUT2D eigenvalue weighted by atomic mass is 9.85. The number of carboxylic acid groups (broad SMARTS) is 1. The molecule has 1 saturated carbocycles. The molecule has 1 atom stereocenters. The first kappa shape index (κ1) is 33.3. The molecule has 1 saturated heterocycles. The minimum atomic E-state index is -1.03. The standard InChI is InChI=1S/C36H42N4O7/c1-23-8-10-24(11-9-23)28(22-33(41)42)37-35(44)26-12-14-30(29(20-26)38-34(43)25-6-4-7-25)39-16-5-17-40(19-18-39)36(45)27-13-15-31(46-2)32(21-27)47-3/h8-15,20-21,25,28H,4-7,16-19,22H2,1-3H3,(H,37,44)(H,38,43)(H,41,42). The van der Waals surface area contributed by atoms with Gasteiger partial charge in [0.1, 0.15) is 0 Å². The molecule has 11 nitrogen and oxygen atoms in total. The fourth-order valence-corrected chi connectivity index (χ4v) is 5.94. The van der Waals surface area contributed by atoms with Crippen molar-refractivity contribution in [3.63, 3.8) is 0 Å². The molecule has 3 aromatic rings. The number of aryl methyl sites for hydroxylation is 1. The molecule has 1 aliphatic heterocycles. The highest BCUT2D eigenvalue weighted by Gasteiger charge is 2.28. The summed E-state index contributed by atoms with van der Waals surface area (Å²) >= 11 is 0. The first-order valence-electron chi connectivity index (χ1n) is 16.0. The van der Waals surface area contributed by atoms with Crippen LogP contribution in [0.5, 0.6) is 11.5 Å². The fourth-order valence-electron chi connectivity index (χ4n) is 5.94. The maximum Gasteiger partial charge on any atom is 0.305 e. The number of nitrogens with one attached hydrogen (secondary N) is 2. The average Bonchev–Trinajstić information content (AvgIpc) is 3.29. The zero-order valence-electron chi connectivity index (χ0n) is 27.1. The van der Waals surface area contributed by atoms with E-state index in [0.29, 0.717) is 66.5 Å². The third-order valence-corrected chi connectivity index (χ3v) is 8.91. The van der Waals surface area contributed by atoms with E-state index in [2.05, 4.69) is 15.5 Å². The highest BCUT2D eigenvalue weighted by atomic mass is 16.5. The van der Waals surface area contributed by atoms with Crippen molar-refractivity contribution in [2.24, 2.45) is 5.92 Å². The number of carbonyl (C=O) groups is 4. The number of hydrogen-bond donors (Lipinski definition) is 3. The molecule has 248 valence electrons. The Hall–Kier alpha value is -5.06. The minimum absolute atomic E-state index is 0.0689. The van der Waals surface area contributed by atoms with Crippen molar-refractivity contribution in [2.75, 3.05) is 50.6 Å². The maximum absolute atomic E-state index is 13.5. The Morgan fingerprint density at radius 1 is 0.851 bits per heavy atom. The summed E-state index contributed by atoms with van der Waals surface area (Å²) in [6.07, 6.45) is 3.08. The first-order chi connectivity index (χ1) is 22.7. The van der Waals surface area contributed by atoms with Gasteiger partial charge in [-0.1, -0.05) is 36.2 Å². The van der Waals surface area contributed by atoms with Crippen molar-refractivity contribution in [2.45, 2.75) is 45.1 Å². The van der Waals surface area contributed by atoms with Crippen LogP contribution in [0.15, 0.2) is 60.7 Å². The Morgan fingerprint density at radius 3 is 2.23 bits per heavy atom. The SMILES string of the molecule is COc1ccc(C(=O)N2CCCN(c3ccc(C(=O)NC(CC(=O)O)c4ccc(C)cc4)cc3NC(=O)C3CCC3)CC2)cc1OC. The molecule has 3 amide bonds. The quantitative estimate of drug-likeness (QED) is 0.264. The van der Waals surface area contributed by atoms with Crippen LogP contribution in [-0.4, -0.2) is 74.1 Å². The zero-order valence-corrected chi connectivity index (χ0v) is 27.1. The smallest absolute Gasteiger partial charge is 0.305 e. The van der Waals surface area contributed by atoms with Crippen LogP contribution >= 0.6 is 0 Å². The number of carboxylic acids is 1. The molecular weight excluding hydrogens is 600 g/mol. The van der Waals surface area contributed by atoms with Gasteiger partial charge in [0.05, 0.1) is 38.1 Å². The van der Waals surface area contributed by atoms with Crippen LogP contribution in [0.1, 0.15) is 70.0 Å². The van der Waals surface area contributed by atoms with Crippen LogP contribution < -0.4 is 25.0 Å². The van der Waals surface area contributed by atoms with E-state index in [0.717, 1.165) is 30.5 Å². The van der Waals surface area contributed by atoms with E-state index in [4.69, 9.17) is 9.47 Å². The van der Waals surface area contributed by atoms with Gasteiger partial charge in [-0.3, -0.25) is 19.2 Å². The van der Waals surface area contributed by atoms with E-state index in [1.54, 1.807) is 37.4 Å². The second-order valence-electron chi connectivity index (χ2n) is 12.1. The van der Waals surface area contributed by atoms with Gasteiger partial charge in [0, 0.05) is 43.2 Å². The fraction of sp³-hybridized carbons (Fsp3) is 0.389. The predicted octanol–water partition coefficient (Wildman–Crippen LogP) is 5.05. The van der Waals surface area contributed by atoms with Crippen molar-refractivity contribution in [3.8, 4) is 11.5 Å². The van der Waals surface area contributed by atoms with E-state index >= 15 is 0 Å². The molecule has 0 radical (unpaired) electrons. The highest BCUT2D eigenvalue weighted by Crippen LogP contribution is 2.33. The molecule has 3 N–H and O–H groups in total. The maximum atomic E-state index is 13.5. The second-order valence-corrected chi connectivity index (χ2v) is 12.1. The molecule has 0 spiro atoms. The summed E-state index contributed by atoms with van der Waals surface area (Å²) in [6, 6.07) is 16.9. The normalized spacial score (nSPS) is 15.6.